The third kappa shape index (κ3) is 6.90. The highest BCUT2D eigenvalue weighted by Gasteiger charge is 2.18. The molecule has 0 fully saturated rings. The van der Waals surface area contributed by atoms with Gasteiger partial charge in [-0.3, -0.25) is 9.59 Å². The van der Waals surface area contributed by atoms with Crippen LogP contribution in [-0.2, 0) is 19.6 Å². The van der Waals surface area contributed by atoms with Gasteiger partial charge in [0.2, 0.25) is 15.9 Å². The molecule has 0 heterocycles. The normalized spacial score (nSPS) is 11.5. The van der Waals surface area contributed by atoms with Crippen LogP contribution in [0, 0.1) is 0 Å². The Labute approximate surface area is 101 Å². The molecule has 0 aliphatic carbocycles. The van der Waals surface area contributed by atoms with Gasteiger partial charge in [0.1, 0.15) is 0 Å². The number of carbonyl (C=O) groups is 2. The number of hydrogen-bond acceptors (Lipinski definition) is 4. The van der Waals surface area contributed by atoms with Crippen molar-refractivity contribution in [3.8, 4) is 0 Å². The van der Waals surface area contributed by atoms with Gasteiger partial charge in [0.25, 0.3) is 0 Å². The van der Waals surface area contributed by atoms with Gasteiger partial charge in [-0.1, -0.05) is 0 Å². The summed E-state index contributed by atoms with van der Waals surface area (Å²) in [5.74, 6) is -1.48. The molecular formula is C9H18N2O5S. The van der Waals surface area contributed by atoms with Crippen molar-refractivity contribution in [2.45, 2.75) is 19.3 Å². The fraction of sp³-hybridized carbons (Fsp3) is 0.778. The second kappa shape index (κ2) is 7.23. The van der Waals surface area contributed by atoms with Crippen LogP contribution in [0.25, 0.3) is 0 Å². The average molecular weight is 266 g/mol. The van der Waals surface area contributed by atoms with E-state index in [4.69, 9.17) is 5.11 Å². The first-order valence-corrected chi connectivity index (χ1v) is 6.77. The van der Waals surface area contributed by atoms with Crippen LogP contribution < -0.4 is 5.32 Å². The standard InChI is InChI=1S/C9H18N2O5S/c1-10-8(12)5-6-11(2)17(15,16)7-3-4-9(13)14/h3-7H2,1-2H3,(H,10,12)(H,13,14). The van der Waals surface area contributed by atoms with Gasteiger partial charge >= 0.3 is 5.97 Å². The first-order valence-electron chi connectivity index (χ1n) is 5.16. The van der Waals surface area contributed by atoms with Crippen molar-refractivity contribution in [2.24, 2.45) is 0 Å². The molecule has 0 saturated heterocycles. The summed E-state index contributed by atoms with van der Waals surface area (Å²) in [6.07, 6.45) is -0.0182. The Morgan fingerprint density at radius 3 is 2.35 bits per heavy atom. The van der Waals surface area contributed by atoms with Gasteiger partial charge in [-0.2, -0.15) is 0 Å². The number of rotatable bonds is 8. The van der Waals surface area contributed by atoms with Crippen LogP contribution in [0.1, 0.15) is 19.3 Å². The minimum atomic E-state index is -3.47. The fourth-order valence-electron chi connectivity index (χ4n) is 1.08. The number of nitrogens with one attached hydrogen (secondary N) is 1. The Balaban J connectivity index is 4.11. The summed E-state index contributed by atoms with van der Waals surface area (Å²) in [6, 6.07) is 0. The van der Waals surface area contributed by atoms with Gasteiger partial charge < -0.3 is 10.4 Å². The molecule has 0 bridgehead atoms. The molecule has 1 amide bonds. The predicted molar refractivity (Wildman–Crippen MR) is 62.0 cm³/mol. The molecule has 100 valence electrons. The van der Waals surface area contributed by atoms with Crippen LogP contribution in [0.3, 0.4) is 0 Å². The maximum absolute atomic E-state index is 11.6. The molecule has 17 heavy (non-hydrogen) atoms. The summed E-state index contributed by atoms with van der Waals surface area (Å²) in [5.41, 5.74) is 0. The zero-order chi connectivity index (χ0) is 13.5. The van der Waals surface area contributed by atoms with E-state index in [2.05, 4.69) is 5.32 Å². The molecule has 0 radical (unpaired) electrons. The maximum Gasteiger partial charge on any atom is 0.303 e. The number of hydrogen-bond donors (Lipinski definition) is 2. The third-order valence-electron chi connectivity index (χ3n) is 2.20. The molecule has 0 saturated carbocycles. The van der Waals surface area contributed by atoms with E-state index in [0.717, 1.165) is 4.31 Å². The lowest BCUT2D eigenvalue weighted by Crippen LogP contribution is -2.33. The van der Waals surface area contributed by atoms with Gasteiger partial charge in [0.05, 0.1) is 5.75 Å². The first kappa shape index (κ1) is 15.9. The van der Waals surface area contributed by atoms with E-state index in [9.17, 15) is 18.0 Å². The lowest BCUT2D eigenvalue weighted by atomic mass is 10.3. The second-order valence-electron chi connectivity index (χ2n) is 3.56. The van der Waals surface area contributed by atoms with Crippen molar-refractivity contribution in [1.82, 2.24) is 9.62 Å². The molecular weight excluding hydrogens is 248 g/mol. The van der Waals surface area contributed by atoms with Crippen molar-refractivity contribution < 1.29 is 23.1 Å². The minimum absolute atomic E-state index is 0.0714. The zero-order valence-electron chi connectivity index (χ0n) is 9.97. The van der Waals surface area contributed by atoms with Crippen LogP contribution in [0.5, 0.6) is 0 Å². The first-order chi connectivity index (χ1) is 7.79. The molecule has 8 heteroatoms. The van der Waals surface area contributed by atoms with E-state index in [1.165, 1.54) is 14.1 Å². The van der Waals surface area contributed by atoms with E-state index in [1.54, 1.807) is 0 Å². The Morgan fingerprint density at radius 2 is 1.88 bits per heavy atom. The molecule has 0 atom stereocenters. The average Bonchev–Trinajstić information content (AvgIpc) is 2.24. The second-order valence-corrected chi connectivity index (χ2v) is 5.75. The van der Waals surface area contributed by atoms with Crippen LogP contribution in [0.4, 0.5) is 0 Å². The highest BCUT2D eigenvalue weighted by atomic mass is 32.2. The molecule has 7 nitrogen and oxygen atoms in total. The van der Waals surface area contributed by atoms with Gasteiger partial charge in [-0.15, -0.1) is 0 Å². The molecule has 0 unspecified atom stereocenters. The molecule has 0 spiro atoms. The van der Waals surface area contributed by atoms with Crippen molar-refractivity contribution in [3.63, 3.8) is 0 Å². The largest absolute Gasteiger partial charge is 0.481 e. The lowest BCUT2D eigenvalue weighted by Gasteiger charge is -2.16. The van der Waals surface area contributed by atoms with Gasteiger partial charge in [0.15, 0.2) is 0 Å². The SMILES string of the molecule is CNC(=O)CCN(C)S(=O)(=O)CCCC(=O)O. The van der Waals surface area contributed by atoms with Crippen LogP contribution in [0.2, 0.25) is 0 Å². The number of amides is 1. The smallest absolute Gasteiger partial charge is 0.303 e. The van der Waals surface area contributed by atoms with Crippen LogP contribution >= 0.6 is 0 Å². The van der Waals surface area contributed by atoms with Crippen LogP contribution in [0.15, 0.2) is 0 Å². The number of sulfonamides is 1. The Morgan fingerprint density at radius 1 is 1.29 bits per heavy atom. The lowest BCUT2D eigenvalue weighted by molar-refractivity contribution is -0.137. The van der Waals surface area contributed by atoms with Crippen molar-refractivity contribution in [1.29, 1.82) is 0 Å². The van der Waals surface area contributed by atoms with Gasteiger partial charge in [0, 0.05) is 33.5 Å². The Bertz CT molecular complexity index is 366. The molecule has 0 aliphatic rings. The quantitative estimate of drug-likeness (QED) is 0.601. The Kier molecular flexibility index (Phi) is 6.74. The van der Waals surface area contributed by atoms with E-state index < -0.39 is 16.0 Å². The predicted octanol–water partition coefficient (Wildman–Crippen LogP) is -0.751. The number of carboxylic acids is 1. The highest BCUT2D eigenvalue weighted by molar-refractivity contribution is 7.89. The molecule has 0 aliphatic heterocycles. The van der Waals surface area contributed by atoms with Crippen LogP contribution in [-0.4, -0.2) is 56.1 Å². The van der Waals surface area contributed by atoms with E-state index in [-0.39, 0.29) is 37.5 Å². The van der Waals surface area contributed by atoms with Crippen molar-refractivity contribution >= 4 is 21.9 Å². The molecule has 0 aromatic heterocycles. The molecule has 0 aromatic rings. The summed E-state index contributed by atoms with van der Waals surface area (Å²) in [4.78, 5) is 21.2. The summed E-state index contributed by atoms with van der Waals surface area (Å²) in [6.45, 7) is 0.0923. The maximum atomic E-state index is 11.6. The van der Waals surface area contributed by atoms with E-state index >= 15 is 0 Å². The number of carbonyl (C=O) groups excluding carboxylic acids is 1. The molecule has 2 N–H and O–H groups in total. The van der Waals surface area contributed by atoms with Crippen molar-refractivity contribution in [3.05, 3.63) is 0 Å². The summed E-state index contributed by atoms with van der Waals surface area (Å²) < 4.78 is 24.3. The number of aliphatic carboxylic acids is 1. The van der Waals surface area contributed by atoms with E-state index in [0.29, 0.717) is 0 Å². The highest BCUT2D eigenvalue weighted by Crippen LogP contribution is 2.03. The number of nitrogens with zero attached hydrogens (tertiary/aromatic N) is 1. The van der Waals surface area contributed by atoms with Gasteiger partial charge in [-0.05, 0) is 6.42 Å². The minimum Gasteiger partial charge on any atom is -0.481 e. The molecule has 0 rings (SSSR count). The fourth-order valence-corrected chi connectivity index (χ4v) is 2.27. The topological polar surface area (TPSA) is 104 Å². The zero-order valence-corrected chi connectivity index (χ0v) is 10.8. The number of carboxylic acid groups (broad SMARTS) is 1. The summed E-state index contributed by atoms with van der Waals surface area (Å²) in [7, 11) is -0.620. The summed E-state index contributed by atoms with van der Waals surface area (Å²) in [5, 5.41) is 10.8. The molecule has 0 aromatic carbocycles. The monoisotopic (exact) mass is 266 g/mol. The van der Waals surface area contributed by atoms with E-state index in [1.807, 2.05) is 0 Å². The van der Waals surface area contributed by atoms with Gasteiger partial charge in [-0.25, -0.2) is 12.7 Å². The summed E-state index contributed by atoms with van der Waals surface area (Å²) >= 11 is 0. The third-order valence-corrected chi connectivity index (χ3v) is 4.14. The Hall–Kier alpha value is -1.15. The van der Waals surface area contributed by atoms with Crippen molar-refractivity contribution in [2.75, 3.05) is 26.4 Å².